The second kappa shape index (κ2) is 6.74. The lowest BCUT2D eigenvalue weighted by Gasteiger charge is -2.16. The third-order valence-electron chi connectivity index (χ3n) is 2.47. The third-order valence-corrected chi connectivity index (χ3v) is 2.47. The predicted molar refractivity (Wildman–Crippen MR) is 64.2 cm³/mol. The SMILES string of the molecule is CCOc1ccc(C(O)C(O)CC#N)cc1C=O. The lowest BCUT2D eigenvalue weighted by Crippen LogP contribution is -2.17. The first-order valence-electron chi connectivity index (χ1n) is 5.59. The number of nitriles is 1. The van der Waals surface area contributed by atoms with Crippen molar-refractivity contribution in [1.29, 1.82) is 5.26 Å². The fraction of sp³-hybridized carbons (Fsp3) is 0.385. The summed E-state index contributed by atoms with van der Waals surface area (Å²) in [5.74, 6) is 0.429. The van der Waals surface area contributed by atoms with Crippen LogP contribution in [0.3, 0.4) is 0 Å². The molecular formula is C13H15NO4. The fourth-order valence-corrected chi connectivity index (χ4v) is 1.56. The van der Waals surface area contributed by atoms with Gasteiger partial charge in [0.25, 0.3) is 0 Å². The Bertz CT molecular complexity index is 453. The Morgan fingerprint density at radius 1 is 1.50 bits per heavy atom. The van der Waals surface area contributed by atoms with E-state index in [-0.39, 0.29) is 6.42 Å². The van der Waals surface area contributed by atoms with Crippen molar-refractivity contribution in [3.05, 3.63) is 29.3 Å². The summed E-state index contributed by atoms with van der Waals surface area (Å²) in [5.41, 5.74) is 0.681. The van der Waals surface area contributed by atoms with Gasteiger partial charge in [0, 0.05) is 0 Å². The molecule has 96 valence electrons. The van der Waals surface area contributed by atoms with Gasteiger partial charge >= 0.3 is 0 Å². The summed E-state index contributed by atoms with van der Waals surface area (Å²) >= 11 is 0. The number of aliphatic hydroxyl groups excluding tert-OH is 2. The molecular weight excluding hydrogens is 234 g/mol. The summed E-state index contributed by atoms with van der Waals surface area (Å²) in [5, 5.41) is 27.8. The molecule has 18 heavy (non-hydrogen) atoms. The predicted octanol–water partition coefficient (Wildman–Crippen LogP) is 1.21. The molecule has 5 heteroatoms. The van der Waals surface area contributed by atoms with Gasteiger partial charge in [-0.1, -0.05) is 6.07 Å². The molecule has 1 aromatic carbocycles. The van der Waals surface area contributed by atoms with Crippen LogP contribution >= 0.6 is 0 Å². The Hall–Kier alpha value is -1.90. The summed E-state index contributed by atoms with van der Waals surface area (Å²) in [6.45, 7) is 2.23. The quantitative estimate of drug-likeness (QED) is 0.739. The number of carbonyl (C=O) groups is 1. The van der Waals surface area contributed by atoms with E-state index >= 15 is 0 Å². The fourth-order valence-electron chi connectivity index (χ4n) is 1.56. The van der Waals surface area contributed by atoms with E-state index < -0.39 is 12.2 Å². The van der Waals surface area contributed by atoms with Crippen molar-refractivity contribution in [1.82, 2.24) is 0 Å². The zero-order valence-electron chi connectivity index (χ0n) is 10.0. The van der Waals surface area contributed by atoms with E-state index in [4.69, 9.17) is 10.00 Å². The first-order valence-corrected chi connectivity index (χ1v) is 5.59. The monoisotopic (exact) mass is 249 g/mol. The van der Waals surface area contributed by atoms with Crippen molar-refractivity contribution < 1.29 is 19.7 Å². The molecule has 2 N–H and O–H groups in total. The number of hydrogen-bond acceptors (Lipinski definition) is 5. The van der Waals surface area contributed by atoms with Crippen molar-refractivity contribution in [3.63, 3.8) is 0 Å². The average Bonchev–Trinajstić information content (AvgIpc) is 2.39. The van der Waals surface area contributed by atoms with E-state index in [9.17, 15) is 15.0 Å². The highest BCUT2D eigenvalue weighted by Crippen LogP contribution is 2.25. The summed E-state index contributed by atoms with van der Waals surface area (Å²) < 4.78 is 5.24. The van der Waals surface area contributed by atoms with E-state index in [0.29, 0.717) is 29.8 Å². The van der Waals surface area contributed by atoms with Crippen LogP contribution in [0.5, 0.6) is 5.75 Å². The van der Waals surface area contributed by atoms with Crippen LogP contribution in [0.4, 0.5) is 0 Å². The third kappa shape index (κ3) is 3.29. The van der Waals surface area contributed by atoms with Crippen LogP contribution in [0.1, 0.15) is 35.4 Å². The number of ether oxygens (including phenoxy) is 1. The lowest BCUT2D eigenvalue weighted by atomic mass is 10.0. The summed E-state index contributed by atoms with van der Waals surface area (Å²) in [6.07, 6.45) is -1.92. The number of rotatable bonds is 6. The maximum absolute atomic E-state index is 10.9. The summed E-state index contributed by atoms with van der Waals surface area (Å²) in [4.78, 5) is 10.9. The molecule has 0 aliphatic heterocycles. The molecule has 0 saturated carbocycles. The minimum Gasteiger partial charge on any atom is -0.493 e. The van der Waals surface area contributed by atoms with Crippen molar-refractivity contribution in [3.8, 4) is 11.8 Å². The number of aldehydes is 1. The van der Waals surface area contributed by atoms with Crippen LogP contribution in [0.15, 0.2) is 18.2 Å². The van der Waals surface area contributed by atoms with Gasteiger partial charge in [0.15, 0.2) is 6.29 Å². The number of aliphatic hydroxyl groups is 2. The standard InChI is InChI=1S/C13H15NO4/c1-2-18-12-4-3-9(7-10(12)8-15)13(17)11(16)5-6-14/h3-4,7-8,11,13,16-17H,2,5H2,1H3. The van der Waals surface area contributed by atoms with Crippen molar-refractivity contribution in [2.45, 2.75) is 25.6 Å². The van der Waals surface area contributed by atoms with Crippen LogP contribution in [0.25, 0.3) is 0 Å². The van der Waals surface area contributed by atoms with Gasteiger partial charge in [0.2, 0.25) is 0 Å². The Kier molecular flexibility index (Phi) is 5.31. The smallest absolute Gasteiger partial charge is 0.153 e. The largest absolute Gasteiger partial charge is 0.493 e. The maximum atomic E-state index is 10.9. The van der Waals surface area contributed by atoms with E-state index in [1.165, 1.54) is 6.07 Å². The molecule has 0 fully saturated rings. The zero-order chi connectivity index (χ0) is 13.5. The highest BCUT2D eigenvalue weighted by Gasteiger charge is 2.19. The minimum atomic E-state index is -1.20. The lowest BCUT2D eigenvalue weighted by molar-refractivity contribution is 0.0216. The van der Waals surface area contributed by atoms with Gasteiger partial charge in [-0.3, -0.25) is 4.79 Å². The Labute approximate surface area is 105 Å². The summed E-state index contributed by atoms with van der Waals surface area (Å²) in [7, 11) is 0. The number of benzene rings is 1. The first kappa shape index (κ1) is 14.2. The number of carbonyl (C=O) groups excluding carboxylic acids is 1. The molecule has 0 aromatic heterocycles. The van der Waals surface area contributed by atoms with Gasteiger partial charge < -0.3 is 14.9 Å². The van der Waals surface area contributed by atoms with Crippen molar-refractivity contribution in [2.24, 2.45) is 0 Å². The van der Waals surface area contributed by atoms with Gasteiger partial charge in [-0.25, -0.2) is 0 Å². The minimum absolute atomic E-state index is 0.176. The van der Waals surface area contributed by atoms with Gasteiger partial charge in [0.1, 0.15) is 11.9 Å². The van der Waals surface area contributed by atoms with Crippen LogP contribution in [-0.4, -0.2) is 29.2 Å². The molecule has 0 radical (unpaired) electrons. The van der Waals surface area contributed by atoms with Gasteiger partial charge in [-0.2, -0.15) is 5.26 Å². The van der Waals surface area contributed by atoms with Gasteiger partial charge in [-0.15, -0.1) is 0 Å². The van der Waals surface area contributed by atoms with Crippen LogP contribution < -0.4 is 4.74 Å². The number of nitrogens with zero attached hydrogens (tertiary/aromatic N) is 1. The molecule has 0 spiro atoms. The van der Waals surface area contributed by atoms with Gasteiger partial charge in [0.05, 0.1) is 30.8 Å². The Morgan fingerprint density at radius 3 is 2.78 bits per heavy atom. The molecule has 1 rings (SSSR count). The Balaban J connectivity index is 2.98. The highest BCUT2D eigenvalue weighted by atomic mass is 16.5. The second-order valence-corrected chi connectivity index (χ2v) is 3.72. The molecule has 0 bridgehead atoms. The molecule has 0 amide bonds. The molecule has 5 nitrogen and oxygen atoms in total. The van der Waals surface area contributed by atoms with E-state index in [1.54, 1.807) is 25.1 Å². The maximum Gasteiger partial charge on any atom is 0.153 e. The molecule has 2 atom stereocenters. The van der Waals surface area contributed by atoms with E-state index in [1.807, 2.05) is 0 Å². The molecule has 1 aromatic rings. The summed E-state index contributed by atoms with van der Waals surface area (Å²) in [6, 6.07) is 6.34. The molecule has 2 unspecified atom stereocenters. The Morgan fingerprint density at radius 2 is 2.22 bits per heavy atom. The molecule has 0 aliphatic rings. The molecule has 0 aliphatic carbocycles. The van der Waals surface area contributed by atoms with Crippen LogP contribution in [0, 0.1) is 11.3 Å². The number of hydrogen-bond donors (Lipinski definition) is 2. The molecule has 0 saturated heterocycles. The average molecular weight is 249 g/mol. The topological polar surface area (TPSA) is 90.5 Å². The van der Waals surface area contributed by atoms with E-state index in [2.05, 4.69) is 0 Å². The van der Waals surface area contributed by atoms with Gasteiger partial charge in [-0.05, 0) is 24.6 Å². The van der Waals surface area contributed by atoms with Crippen LogP contribution in [0.2, 0.25) is 0 Å². The highest BCUT2D eigenvalue weighted by molar-refractivity contribution is 5.79. The normalized spacial score (nSPS) is 13.4. The van der Waals surface area contributed by atoms with Crippen molar-refractivity contribution >= 4 is 6.29 Å². The zero-order valence-corrected chi connectivity index (χ0v) is 10.0. The van der Waals surface area contributed by atoms with E-state index in [0.717, 1.165) is 0 Å². The molecule has 0 heterocycles. The van der Waals surface area contributed by atoms with Crippen LogP contribution in [-0.2, 0) is 0 Å². The first-order chi connectivity index (χ1) is 8.63. The second-order valence-electron chi connectivity index (χ2n) is 3.72. The van der Waals surface area contributed by atoms with Crippen molar-refractivity contribution in [2.75, 3.05) is 6.61 Å².